The molecule has 0 aliphatic heterocycles. The van der Waals surface area contributed by atoms with Crippen molar-refractivity contribution in [1.29, 1.82) is 0 Å². The Morgan fingerprint density at radius 3 is 2.55 bits per heavy atom. The van der Waals surface area contributed by atoms with Gasteiger partial charge in [-0.25, -0.2) is 5.43 Å². The van der Waals surface area contributed by atoms with E-state index >= 15 is 0 Å². The number of halogens is 1. The van der Waals surface area contributed by atoms with Crippen LogP contribution in [0.1, 0.15) is 22.8 Å². The SMILES string of the molecule is COc1ccc(Cl)cc1C(=O)N/N=C(\C)c1ccc(O)cc1. The molecule has 0 bridgehead atoms. The summed E-state index contributed by atoms with van der Waals surface area (Å²) in [6.45, 7) is 1.75. The van der Waals surface area contributed by atoms with Crippen LogP contribution in [0.25, 0.3) is 0 Å². The number of ether oxygens (including phenoxy) is 1. The van der Waals surface area contributed by atoms with Crippen LogP contribution in [0.4, 0.5) is 0 Å². The number of nitrogens with zero attached hydrogens (tertiary/aromatic N) is 1. The number of amides is 1. The molecular weight excluding hydrogens is 304 g/mol. The first-order valence-electron chi connectivity index (χ1n) is 6.49. The van der Waals surface area contributed by atoms with Crippen molar-refractivity contribution in [2.75, 3.05) is 7.11 Å². The molecule has 22 heavy (non-hydrogen) atoms. The Morgan fingerprint density at radius 2 is 1.91 bits per heavy atom. The average Bonchev–Trinajstić information content (AvgIpc) is 2.53. The quantitative estimate of drug-likeness (QED) is 0.671. The van der Waals surface area contributed by atoms with E-state index in [9.17, 15) is 9.90 Å². The molecule has 2 rings (SSSR count). The summed E-state index contributed by atoms with van der Waals surface area (Å²) in [6.07, 6.45) is 0. The van der Waals surface area contributed by atoms with E-state index in [4.69, 9.17) is 16.3 Å². The van der Waals surface area contributed by atoms with Crippen LogP contribution >= 0.6 is 11.6 Å². The molecule has 2 aromatic rings. The summed E-state index contributed by atoms with van der Waals surface area (Å²) in [4.78, 5) is 12.2. The summed E-state index contributed by atoms with van der Waals surface area (Å²) in [6, 6.07) is 11.3. The molecule has 114 valence electrons. The Labute approximate surface area is 133 Å². The summed E-state index contributed by atoms with van der Waals surface area (Å²) < 4.78 is 5.13. The number of carbonyl (C=O) groups excluding carboxylic acids is 1. The fourth-order valence-corrected chi connectivity index (χ4v) is 1.99. The third-order valence-electron chi connectivity index (χ3n) is 3.02. The third-order valence-corrected chi connectivity index (χ3v) is 3.25. The standard InChI is InChI=1S/C16H15ClN2O3/c1-10(11-3-6-13(20)7-4-11)18-19-16(21)14-9-12(17)5-8-15(14)22-2/h3-9,20H,1-2H3,(H,19,21)/b18-10+. The van der Waals surface area contributed by atoms with E-state index in [-0.39, 0.29) is 5.75 Å². The maximum absolute atomic E-state index is 12.2. The summed E-state index contributed by atoms with van der Waals surface area (Å²) in [5, 5.41) is 13.7. The van der Waals surface area contributed by atoms with Gasteiger partial charge in [0.05, 0.1) is 18.4 Å². The van der Waals surface area contributed by atoms with Gasteiger partial charge in [0, 0.05) is 5.02 Å². The number of methoxy groups -OCH3 is 1. The molecule has 0 aromatic heterocycles. The van der Waals surface area contributed by atoms with Gasteiger partial charge in [-0.2, -0.15) is 5.10 Å². The molecule has 0 fully saturated rings. The number of phenolic OH excluding ortho intramolecular Hbond substituents is 1. The lowest BCUT2D eigenvalue weighted by Crippen LogP contribution is -2.20. The van der Waals surface area contributed by atoms with Crippen LogP contribution in [0, 0.1) is 0 Å². The Bertz CT molecular complexity index is 712. The van der Waals surface area contributed by atoms with Crippen LogP contribution in [0.5, 0.6) is 11.5 Å². The van der Waals surface area contributed by atoms with Crippen LogP contribution in [0.2, 0.25) is 5.02 Å². The van der Waals surface area contributed by atoms with E-state index in [0.717, 1.165) is 5.56 Å². The number of carbonyl (C=O) groups is 1. The smallest absolute Gasteiger partial charge is 0.275 e. The molecule has 0 spiro atoms. The van der Waals surface area contributed by atoms with Gasteiger partial charge in [0.15, 0.2) is 0 Å². The zero-order chi connectivity index (χ0) is 16.1. The highest BCUT2D eigenvalue weighted by Gasteiger charge is 2.12. The Balaban J connectivity index is 2.17. The summed E-state index contributed by atoms with van der Waals surface area (Å²) >= 11 is 5.90. The second-order valence-electron chi connectivity index (χ2n) is 4.53. The Kier molecular flexibility index (Phi) is 5.01. The first kappa shape index (κ1) is 15.9. The topological polar surface area (TPSA) is 70.9 Å². The molecule has 2 aromatic carbocycles. The highest BCUT2D eigenvalue weighted by molar-refractivity contribution is 6.31. The minimum atomic E-state index is -0.419. The zero-order valence-electron chi connectivity index (χ0n) is 12.1. The first-order chi connectivity index (χ1) is 10.5. The lowest BCUT2D eigenvalue weighted by molar-refractivity contribution is 0.0952. The molecule has 0 atom stereocenters. The van der Waals surface area contributed by atoms with Gasteiger partial charge in [0.1, 0.15) is 11.5 Å². The van der Waals surface area contributed by atoms with Gasteiger partial charge in [-0.05, 0) is 55.0 Å². The molecule has 0 unspecified atom stereocenters. The van der Waals surface area contributed by atoms with E-state index in [2.05, 4.69) is 10.5 Å². The van der Waals surface area contributed by atoms with Gasteiger partial charge in [0.25, 0.3) is 5.91 Å². The van der Waals surface area contributed by atoms with Crippen molar-refractivity contribution in [2.24, 2.45) is 5.10 Å². The monoisotopic (exact) mass is 318 g/mol. The van der Waals surface area contributed by atoms with Crippen molar-refractivity contribution in [2.45, 2.75) is 6.92 Å². The van der Waals surface area contributed by atoms with Crippen molar-refractivity contribution in [1.82, 2.24) is 5.43 Å². The van der Waals surface area contributed by atoms with E-state index < -0.39 is 5.91 Å². The van der Waals surface area contributed by atoms with E-state index in [1.54, 1.807) is 43.3 Å². The van der Waals surface area contributed by atoms with Crippen LogP contribution in [0.15, 0.2) is 47.6 Å². The normalized spacial score (nSPS) is 11.1. The first-order valence-corrected chi connectivity index (χ1v) is 6.86. The van der Waals surface area contributed by atoms with Crippen molar-refractivity contribution in [3.8, 4) is 11.5 Å². The summed E-state index contributed by atoms with van der Waals surface area (Å²) in [7, 11) is 1.48. The molecule has 0 saturated carbocycles. The van der Waals surface area contributed by atoms with E-state index in [1.807, 2.05) is 0 Å². The molecule has 0 saturated heterocycles. The Morgan fingerprint density at radius 1 is 1.23 bits per heavy atom. The fraction of sp³-hybridized carbons (Fsp3) is 0.125. The van der Waals surface area contributed by atoms with Gasteiger partial charge in [-0.3, -0.25) is 4.79 Å². The number of phenols is 1. The summed E-state index contributed by atoms with van der Waals surface area (Å²) in [5.41, 5.74) is 4.16. The van der Waals surface area contributed by atoms with Gasteiger partial charge in [0.2, 0.25) is 0 Å². The van der Waals surface area contributed by atoms with E-state index in [0.29, 0.717) is 22.0 Å². The predicted octanol–water partition coefficient (Wildman–Crippen LogP) is 3.21. The number of nitrogens with one attached hydrogen (secondary N) is 1. The van der Waals surface area contributed by atoms with Crippen molar-refractivity contribution < 1.29 is 14.6 Å². The molecule has 0 radical (unpaired) electrons. The third kappa shape index (κ3) is 3.77. The number of rotatable bonds is 4. The van der Waals surface area contributed by atoms with Crippen LogP contribution in [0.3, 0.4) is 0 Å². The molecular formula is C16H15ClN2O3. The van der Waals surface area contributed by atoms with Crippen LogP contribution < -0.4 is 10.2 Å². The highest BCUT2D eigenvalue weighted by atomic mass is 35.5. The molecule has 2 N–H and O–H groups in total. The van der Waals surface area contributed by atoms with Crippen molar-refractivity contribution in [3.05, 3.63) is 58.6 Å². The van der Waals surface area contributed by atoms with Gasteiger partial charge in [-0.1, -0.05) is 11.6 Å². The van der Waals surface area contributed by atoms with E-state index in [1.165, 1.54) is 13.2 Å². The van der Waals surface area contributed by atoms with Gasteiger partial charge < -0.3 is 9.84 Å². The number of hydrogen-bond donors (Lipinski definition) is 2. The molecule has 0 heterocycles. The number of hydrazone groups is 1. The van der Waals surface area contributed by atoms with Crippen molar-refractivity contribution >= 4 is 23.2 Å². The molecule has 0 aliphatic rings. The Hall–Kier alpha value is -2.53. The number of aromatic hydroxyl groups is 1. The van der Waals surface area contributed by atoms with Crippen LogP contribution in [-0.2, 0) is 0 Å². The van der Waals surface area contributed by atoms with Gasteiger partial charge >= 0.3 is 0 Å². The predicted molar refractivity (Wildman–Crippen MR) is 85.8 cm³/mol. The number of hydrogen-bond acceptors (Lipinski definition) is 4. The zero-order valence-corrected chi connectivity index (χ0v) is 12.9. The second-order valence-corrected chi connectivity index (χ2v) is 4.97. The second kappa shape index (κ2) is 6.95. The van der Waals surface area contributed by atoms with Crippen molar-refractivity contribution in [3.63, 3.8) is 0 Å². The minimum absolute atomic E-state index is 0.171. The largest absolute Gasteiger partial charge is 0.508 e. The summed E-state index contributed by atoms with van der Waals surface area (Å²) in [5.74, 6) is 0.168. The maximum Gasteiger partial charge on any atom is 0.275 e. The maximum atomic E-state index is 12.2. The molecule has 0 aliphatic carbocycles. The fourth-order valence-electron chi connectivity index (χ4n) is 1.82. The minimum Gasteiger partial charge on any atom is -0.508 e. The number of benzene rings is 2. The molecule has 1 amide bonds. The average molecular weight is 319 g/mol. The van der Waals surface area contributed by atoms with Gasteiger partial charge in [-0.15, -0.1) is 0 Å². The molecule has 6 heteroatoms. The molecule has 5 nitrogen and oxygen atoms in total. The highest BCUT2D eigenvalue weighted by Crippen LogP contribution is 2.22. The lowest BCUT2D eigenvalue weighted by atomic mass is 10.1. The lowest BCUT2D eigenvalue weighted by Gasteiger charge is -2.08. The van der Waals surface area contributed by atoms with Crippen LogP contribution in [-0.4, -0.2) is 23.8 Å².